The van der Waals surface area contributed by atoms with Crippen molar-refractivity contribution >= 4 is 24.2 Å². The Hall–Kier alpha value is -4.12. The standard InChI is InChI=1S/C23H25NO10/c1-14(32-20(25)16-7-5-4-6-8-16)13-31-21(26)17(24)11-15-9-10-18(33-22(27)29-2)19(12-15)34-23(28)30-3/h4-10,12,14,17H,11,13,24H2,1-3H3/t14-,17-/m0/s1. The third-order valence-electron chi connectivity index (χ3n) is 4.26. The molecule has 11 nitrogen and oxygen atoms in total. The van der Waals surface area contributed by atoms with E-state index < -0.39 is 36.4 Å². The molecular formula is C23H25NO10. The molecule has 0 fully saturated rings. The average molecular weight is 475 g/mol. The van der Waals surface area contributed by atoms with Crippen LogP contribution in [-0.4, -0.2) is 57.2 Å². The van der Waals surface area contributed by atoms with E-state index >= 15 is 0 Å². The van der Waals surface area contributed by atoms with Crippen LogP contribution < -0.4 is 15.2 Å². The molecule has 2 atom stereocenters. The molecule has 0 saturated carbocycles. The second-order valence-electron chi connectivity index (χ2n) is 6.92. The lowest BCUT2D eigenvalue weighted by molar-refractivity contribution is -0.148. The van der Waals surface area contributed by atoms with E-state index in [2.05, 4.69) is 9.47 Å². The Morgan fingerprint density at radius 2 is 1.50 bits per heavy atom. The molecule has 0 aliphatic heterocycles. The Morgan fingerprint density at radius 3 is 2.12 bits per heavy atom. The van der Waals surface area contributed by atoms with Crippen molar-refractivity contribution in [2.45, 2.75) is 25.5 Å². The van der Waals surface area contributed by atoms with Crippen molar-refractivity contribution < 1.29 is 47.6 Å². The van der Waals surface area contributed by atoms with Crippen LogP contribution in [0.15, 0.2) is 48.5 Å². The molecule has 0 aromatic heterocycles. The highest BCUT2D eigenvalue weighted by atomic mass is 16.7. The highest BCUT2D eigenvalue weighted by molar-refractivity contribution is 5.89. The van der Waals surface area contributed by atoms with Crippen LogP contribution in [0.25, 0.3) is 0 Å². The first-order valence-electron chi connectivity index (χ1n) is 10.1. The first-order valence-corrected chi connectivity index (χ1v) is 10.1. The van der Waals surface area contributed by atoms with Crippen molar-refractivity contribution in [1.82, 2.24) is 0 Å². The number of hydrogen-bond donors (Lipinski definition) is 1. The van der Waals surface area contributed by atoms with Crippen LogP contribution >= 0.6 is 0 Å². The number of methoxy groups -OCH3 is 2. The van der Waals surface area contributed by atoms with Crippen LogP contribution in [0.3, 0.4) is 0 Å². The van der Waals surface area contributed by atoms with Gasteiger partial charge in [0.2, 0.25) is 0 Å². The van der Waals surface area contributed by atoms with Crippen molar-refractivity contribution in [3.63, 3.8) is 0 Å². The summed E-state index contributed by atoms with van der Waals surface area (Å²) < 4.78 is 29.1. The third-order valence-corrected chi connectivity index (χ3v) is 4.26. The number of carbonyl (C=O) groups excluding carboxylic acids is 4. The topological polar surface area (TPSA) is 150 Å². The van der Waals surface area contributed by atoms with E-state index in [9.17, 15) is 19.2 Å². The van der Waals surface area contributed by atoms with Crippen molar-refractivity contribution in [2.24, 2.45) is 5.73 Å². The summed E-state index contributed by atoms with van der Waals surface area (Å²) in [6, 6.07) is 11.5. The molecule has 0 aliphatic carbocycles. The molecule has 0 unspecified atom stereocenters. The number of hydrogen-bond acceptors (Lipinski definition) is 11. The average Bonchev–Trinajstić information content (AvgIpc) is 2.84. The minimum Gasteiger partial charge on any atom is -0.461 e. The van der Waals surface area contributed by atoms with Gasteiger partial charge in [0.1, 0.15) is 18.8 Å². The quantitative estimate of drug-likeness (QED) is 0.324. The van der Waals surface area contributed by atoms with Crippen LogP contribution in [0, 0.1) is 0 Å². The van der Waals surface area contributed by atoms with Gasteiger partial charge in [-0.15, -0.1) is 0 Å². The van der Waals surface area contributed by atoms with Gasteiger partial charge in [0.25, 0.3) is 0 Å². The third kappa shape index (κ3) is 8.10. The summed E-state index contributed by atoms with van der Waals surface area (Å²) >= 11 is 0. The maximum atomic E-state index is 12.3. The van der Waals surface area contributed by atoms with Crippen molar-refractivity contribution in [1.29, 1.82) is 0 Å². The van der Waals surface area contributed by atoms with E-state index in [0.717, 1.165) is 14.2 Å². The molecule has 2 aromatic carbocycles. The molecule has 11 heteroatoms. The zero-order chi connectivity index (χ0) is 25.1. The summed E-state index contributed by atoms with van der Waals surface area (Å²) in [6.07, 6.45) is -2.76. The number of rotatable bonds is 9. The van der Waals surface area contributed by atoms with Crippen LogP contribution in [0.5, 0.6) is 11.5 Å². The Balaban J connectivity index is 1.95. The van der Waals surface area contributed by atoms with Gasteiger partial charge in [-0.1, -0.05) is 24.3 Å². The van der Waals surface area contributed by atoms with Gasteiger partial charge < -0.3 is 34.2 Å². The summed E-state index contributed by atoms with van der Waals surface area (Å²) in [5.41, 5.74) is 6.78. The molecule has 2 rings (SSSR count). The summed E-state index contributed by atoms with van der Waals surface area (Å²) in [5.74, 6) is -1.52. The lowest BCUT2D eigenvalue weighted by Gasteiger charge is -2.16. The Kier molecular flexibility index (Phi) is 9.84. The monoisotopic (exact) mass is 475 g/mol. The van der Waals surface area contributed by atoms with Gasteiger partial charge in [0.05, 0.1) is 19.8 Å². The Morgan fingerprint density at radius 1 is 0.882 bits per heavy atom. The van der Waals surface area contributed by atoms with Crippen LogP contribution in [0.2, 0.25) is 0 Å². The summed E-state index contributed by atoms with van der Waals surface area (Å²) in [7, 11) is 2.22. The second kappa shape index (κ2) is 12.8. The van der Waals surface area contributed by atoms with Crippen molar-refractivity contribution in [2.75, 3.05) is 20.8 Å². The molecule has 2 N–H and O–H groups in total. The molecule has 2 aromatic rings. The fraction of sp³-hybridized carbons (Fsp3) is 0.304. The van der Waals surface area contributed by atoms with Gasteiger partial charge in [0.15, 0.2) is 11.5 Å². The first kappa shape index (κ1) is 26.1. The number of nitrogens with two attached hydrogens (primary N) is 1. The number of esters is 2. The number of carbonyl (C=O) groups is 4. The minimum absolute atomic E-state index is 0.00700. The maximum Gasteiger partial charge on any atom is 0.513 e. The predicted molar refractivity (Wildman–Crippen MR) is 116 cm³/mol. The van der Waals surface area contributed by atoms with E-state index in [1.54, 1.807) is 37.3 Å². The second-order valence-corrected chi connectivity index (χ2v) is 6.92. The summed E-state index contributed by atoms with van der Waals surface area (Å²) in [5, 5.41) is 0. The molecule has 0 spiro atoms. The van der Waals surface area contributed by atoms with Gasteiger partial charge in [-0.25, -0.2) is 14.4 Å². The van der Waals surface area contributed by atoms with Gasteiger partial charge in [-0.2, -0.15) is 0 Å². The molecule has 0 radical (unpaired) electrons. The maximum absolute atomic E-state index is 12.3. The lowest BCUT2D eigenvalue weighted by atomic mass is 10.1. The molecule has 0 saturated heterocycles. The van der Waals surface area contributed by atoms with Gasteiger partial charge >= 0.3 is 24.2 Å². The summed E-state index contributed by atoms with van der Waals surface area (Å²) in [6.45, 7) is 1.39. The number of benzene rings is 2. The molecule has 0 heterocycles. The lowest BCUT2D eigenvalue weighted by Crippen LogP contribution is -2.36. The fourth-order valence-electron chi connectivity index (χ4n) is 2.61. The van der Waals surface area contributed by atoms with E-state index in [1.807, 2.05) is 0 Å². The predicted octanol–water partition coefficient (Wildman–Crippen LogP) is 2.64. The van der Waals surface area contributed by atoms with Crippen LogP contribution in [-0.2, 0) is 30.2 Å². The highest BCUT2D eigenvalue weighted by Gasteiger charge is 2.21. The molecule has 0 amide bonds. The molecule has 34 heavy (non-hydrogen) atoms. The van der Waals surface area contributed by atoms with Gasteiger partial charge in [-0.05, 0) is 43.2 Å². The van der Waals surface area contributed by atoms with E-state index in [1.165, 1.54) is 18.2 Å². The van der Waals surface area contributed by atoms with Gasteiger partial charge in [0, 0.05) is 0 Å². The van der Waals surface area contributed by atoms with E-state index in [0.29, 0.717) is 11.1 Å². The van der Waals surface area contributed by atoms with Crippen LogP contribution in [0.1, 0.15) is 22.8 Å². The highest BCUT2D eigenvalue weighted by Crippen LogP contribution is 2.29. The first-order chi connectivity index (χ1) is 16.2. The number of ether oxygens (including phenoxy) is 6. The molecular weight excluding hydrogens is 450 g/mol. The van der Waals surface area contributed by atoms with Crippen molar-refractivity contribution in [3.05, 3.63) is 59.7 Å². The van der Waals surface area contributed by atoms with E-state index in [-0.39, 0.29) is 24.5 Å². The van der Waals surface area contributed by atoms with E-state index in [4.69, 9.17) is 24.7 Å². The molecule has 182 valence electrons. The zero-order valence-electron chi connectivity index (χ0n) is 18.8. The minimum atomic E-state index is -1.07. The largest absolute Gasteiger partial charge is 0.513 e. The smallest absolute Gasteiger partial charge is 0.461 e. The zero-order valence-corrected chi connectivity index (χ0v) is 18.8. The fourth-order valence-corrected chi connectivity index (χ4v) is 2.61. The Labute approximate surface area is 195 Å². The SMILES string of the molecule is COC(=O)Oc1ccc(C[C@H](N)C(=O)OC[C@H](C)OC(=O)c2ccccc2)cc1OC(=O)OC. The van der Waals surface area contributed by atoms with Crippen molar-refractivity contribution in [3.8, 4) is 11.5 Å². The summed E-state index contributed by atoms with van der Waals surface area (Å²) in [4.78, 5) is 47.2. The van der Waals surface area contributed by atoms with Crippen LogP contribution in [0.4, 0.5) is 9.59 Å². The normalized spacial score (nSPS) is 12.0. The molecule has 0 aliphatic rings. The van der Waals surface area contributed by atoms with Gasteiger partial charge in [-0.3, -0.25) is 4.79 Å². The Bertz CT molecular complexity index is 1010. The molecule has 0 bridgehead atoms.